The van der Waals surface area contributed by atoms with Crippen molar-refractivity contribution in [3.8, 4) is 0 Å². The molecule has 0 saturated heterocycles. The molecule has 1 nitrogen and oxygen atoms in total. The van der Waals surface area contributed by atoms with Crippen molar-refractivity contribution < 1.29 is 13.2 Å². The van der Waals surface area contributed by atoms with Gasteiger partial charge in [0.2, 0.25) is 0 Å². The predicted molar refractivity (Wildman–Crippen MR) is 50.1 cm³/mol. The van der Waals surface area contributed by atoms with Crippen molar-refractivity contribution in [2.45, 2.75) is 51.7 Å². The first-order chi connectivity index (χ1) is 6.16. The second kappa shape index (κ2) is 3.40. The Morgan fingerprint density at radius 1 is 1.14 bits per heavy atom. The van der Waals surface area contributed by atoms with Gasteiger partial charge in [0.15, 0.2) is 0 Å². The van der Waals surface area contributed by atoms with Gasteiger partial charge in [-0.1, -0.05) is 6.42 Å². The summed E-state index contributed by atoms with van der Waals surface area (Å²) >= 11 is 0. The molecule has 0 aromatic rings. The highest BCUT2D eigenvalue weighted by atomic mass is 19.4. The zero-order valence-electron chi connectivity index (χ0n) is 8.96. The van der Waals surface area contributed by atoms with Crippen molar-refractivity contribution in [2.24, 2.45) is 5.41 Å². The summed E-state index contributed by atoms with van der Waals surface area (Å²) in [5.74, 6) is 0. The lowest BCUT2D eigenvalue weighted by molar-refractivity contribution is -0.249. The third kappa shape index (κ3) is 2.41. The lowest BCUT2D eigenvalue weighted by Crippen LogP contribution is -2.54. The first kappa shape index (κ1) is 11.8. The van der Waals surface area contributed by atoms with Crippen LogP contribution in [0.15, 0.2) is 0 Å². The maximum absolute atomic E-state index is 12.7. The number of rotatable bonds is 2. The zero-order chi connectivity index (χ0) is 11.0. The van der Waals surface area contributed by atoms with Crippen LogP contribution in [0.3, 0.4) is 0 Å². The highest BCUT2D eigenvalue weighted by Gasteiger charge is 2.57. The highest BCUT2D eigenvalue weighted by Crippen LogP contribution is 2.52. The highest BCUT2D eigenvalue weighted by molar-refractivity contribution is 4.96. The van der Waals surface area contributed by atoms with Gasteiger partial charge in [-0.2, -0.15) is 13.2 Å². The van der Waals surface area contributed by atoms with Gasteiger partial charge in [-0.15, -0.1) is 0 Å². The number of nitrogens with one attached hydrogen (secondary N) is 1. The van der Waals surface area contributed by atoms with E-state index >= 15 is 0 Å². The van der Waals surface area contributed by atoms with Crippen molar-refractivity contribution in [2.75, 3.05) is 6.54 Å². The smallest absolute Gasteiger partial charge is 0.311 e. The molecule has 0 aromatic heterocycles. The Labute approximate surface area is 83.1 Å². The van der Waals surface area contributed by atoms with Gasteiger partial charge in [-0.3, -0.25) is 0 Å². The summed E-state index contributed by atoms with van der Waals surface area (Å²) in [5.41, 5.74) is -1.69. The van der Waals surface area contributed by atoms with Crippen LogP contribution in [0.4, 0.5) is 13.2 Å². The molecule has 0 amide bonds. The predicted octanol–water partition coefficient (Wildman–Crippen LogP) is 3.11. The maximum atomic E-state index is 12.7. The van der Waals surface area contributed by atoms with Crippen molar-refractivity contribution in [1.29, 1.82) is 0 Å². The Morgan fingerprint density at radius 3 is 1.86 bits per heavy atom. The molecule has 14 heavy (non-hydrogen) atoms. The molecular weight excluding hydrogens is 191 g/mol. The second-order valence-electron chi connectivity index (χ2n) is 5.24. The Morgan fingerprint density at radius 2 is 1.64 bits per heavy atom. The fraction of sp³-hybridized carbons (Fsp3) is 1.00. The second-order valence-corrected chi connectivity index (χ2v) is 5.24. The van der Waals surface area contributed by atoms with Gasteiger partial charge in [0.25, 0.3) is 0 Å². The molecule has 1 saturated carbocycles. The van der Waals surface area contributed by atoms with Crippen LogP contribution in [0.5, 0.6) is 0 Å². The van der Waals surface area contributed by atoms with E-state index < -0.39 is 11.6 Å². The summed E-state index contributed by atoms with van der Waals surface area (Å²) in [6.45, 7) is 5.71. The van der Waals surface area contributed by atoms with Crippen molar-refractivity contribution in [1.82, 2.24) is 5.32 Å². The van der Waals surface area contributed by atoms with Crippen molar-refractivity contribution >= 4 is 0 Å². The number of alkyl halides is 3. The molecule has 0 unspecified atom stereocenters. The van der Waals surface area contributed by atoms with Crippen LogP contribution in [-0.4, -0.2) is 18.3 Å². The van der Waals surface area contributed by atoms with E-state index in [-0.39, 0.29) is 24.9 Å². The summed E-state index contributed by atoms with van der Waals surface area (Å²) in [7, 11) is 0. The van der Waals surface area contributed by atoms with Crippen LogP contribution >= 0.6 is 0 Å². The van der Waals surface area contributed by atoms with E-state index in [0.717, 1.165) is 0 Å². The molecule has 0 atom stereocenters. The quantitative estimate of drug-likeness (QED) is 0.736. The third-order valence-electron chi connectivity index (χ3n) is 2.87. The number of halogens is 3. The Bertz CT molecular complexity index is 198. The zero-order valence-corrected chi connectivity index (χ0v) is 8.96. The molecule has 1 N–H and O–H groups in total. The van der Waals surface area contributed by atoms with Crippen LogP contribution in [0.2, 0.25) is 0 Å². The SMILES string of the molecule is CC(C)(C)NCC1(C(F)(F)F)CCC1. The summed E-state index contributed by atoms with van der Waals surface area (Å²) < 4.78 is 38.1. The van der Waals surface area contributed by atoms with E-state index in [4.69, 9.17) is 0 Å². The molecule has 0 aromatic carbocycles. The van der Waals surface area contributed by atoms with E-state index in [1.807, 2.05) is 20.8 Å². The molecule has 0 spiro atoms. The summed E-state index contributed by atoms with van der Waals surface area (Å²) in [6, 6.07) is 0. The molecule has 84 valence electrons. The molecule has 0 aliphatic heterocycles. The van der Waals surface area contributed by atoms with Crippen molar-refractivity contribution in [3.63, 3.8) is 0 Å². The molecule has 1 aliphatic rings. The van der Waals surface area contributed by atoms with Gasteiger partial charge in [-0.25, -0.2) is 0 Å². The Balaban J connectivity index is 2.56. The van der Waals surface area contributed by atoms with Crippen LogP contribution in [0, 0.1) is 5.41 Å². The first-order valence-electron chi connectivity index (χ1n) is 4.98. The van der Waals surface area contributed by atoms with Gasteiger partial charge < -0.3 is 5.32 Å². The van der Waals surface area contributed by atoms with E-state index in [1.165, 1.54) is 0 Å². The molecule has 0 radical (unpaired) electrons. The minimum absolute atomic E-state index is 0.0556. The van der Waals surface area contributed by atoms with Gasteiger partial charge in [0, 0.05) is 12.1 Å². The maximum Gasteiger partial charge on any atom is 0.395 e. The molecule has 1 aliphatic carbocycles. The van der Waals surface area contributed by atoms with Gasteiger partial charge in [0.1, 0.15) is 0 Å². The van der Waals surface area contributed by atoms with Crippen LogP contribution < -0.4 is 5.32 Å². The average Bonchev–Trinajstić information content (AvgIpc) is 1.77. The normalized spacial score (nSPS) is 21.9. The minimum Gasteiger partial charge on any atom is -0.311 e. The van der Waals surface area contributed by atoms with E-state index in [0.29, 0.717) is 6.42 Å². The third-order valence-corrected chi connectivity index (χ3v) is 2.87. The topological polar surface area (TPSA) is 12.0 Å². The van der Waals surface area contributed by atoms with Crippen LogP contribution in [0.1, 0.15) is 40.0 Å². The summed E-state index contributed by atoms with van der Waals surface area (Å²) in [4.78, 5) is 0. The largest absolute Gasteiger partial charge is 0.395 e. The van der Waals surface area contributed by atoms with E-state index in [9.17, 15) is 13.2 Å². The van der Waals surface area contributed by atoms with Crippen LogP contribution in [-0.2, 0) is 0 Å². The standard InChI is InChI=1S/C10H18F3N/c1-8(2,3)14-7-9(5-4-6-9)10(11,12)13/h14H,4-7H2,1-3H3. The lowest BCUT2D eigenvalue weighted by atomic mass is 9.68. The molecule has 0 bridgehead atoms. The van der Waals surface area contributed by atoms with E-state index in [2.05, 4.69) is 5.32 Å². The average molecular weight is 209 g/mol. The molecule has 4 heteroatoms. The Hall–Kier alpha value is -0.250. The molecule has 0 heterocycles. The first-order valence-corrected chi connectivity index (χ1v) is 4.98. The van der Waals surface area contributed by atoms with Gasteiger partial charge in [-0.05, 0) is 33.6 Å². The fourth-order valence-corrected chi connectivity index (χ4v) is 1.60. The van der Waals surface area contributed by atoms with Crippen molar-refractivity contribution in [3.05, 3.63) is 0 Å². The summed E-state index contributed by atoms with van der Waals surface area (Å²) in [5, 5.41) is 2.95. The summed E-state index contributed by atoms with van der Waals surface area (Å²) in [6.07, 6.45) is -2.80. The monoisotopic (exact) mass is 209 g/mol. The fourth-order valence-electron chi connectivity index (χ4n) is 1.60. The minimum atomic E-state index is -4.05. The van der Waals surface area contributed by atoms with Crippen LogP contribution in [0.25, 0.3) is 0 Å². The van der Waals surface area contributed by atoms with E-state index in [1.54, 1.807) is 0 Å². The van der Waals surface area contributed by atoms with Gasteiger partial charge >= 0.3 is 6.18 Å². The molecule has 1 fully saturated rings. The lowest BCUT2D eigenvalue weighted by Gasteiger charge is -2.44. The number of hydrogen-bond donors (Lipinski definition) is 1. The van der Waals surface area contributed by atoms with Gasteiger partial charge in [0.05, 0.1) is 5.41 Å². The number of hydrogen-bond acceptors (Lipinski definition) is 1. The molecule has 1 rings (SSSR count). The molecular formula is C10H18F3N. The Kier molecular flexibility index (Phi) is 2.87.